The van der Waals surface area contributed by atoms with E-state index in [1.807, 2.05) is 18.2 Å². The van der Waals surface area contributed by atoms with Gasteiger partial charge in [0, 0.05) is 79.7 Å². The van der Waals surface area contributed by atoms with Gasteiger partial charge in [0.15, 0.2) is 5.65 Å². The summed E-state index contributed by atoms with van der Waals surface area (Å²) < 4.78 is 12.1. The number of benzene rings is 1. The summed E-state index contributed by atoms with van der Waals surface area (Å²) in [5.41, 5.74) is 6.29. The average Bonchev–Trinajstić information content (AvgIpc) is 3.57. The van der Waals surface area contributed by atoms with Gasteiger partial charge in [-0.25, -0.2) is 9.97 Å². The molecule has 0 bridgehead atoms. The van der Waals surface area contributed by atoms with Crippen LogP contribution in [0.4, 0.5) is 5.95 Å². The Bertz CT molecular complexity index is 2000. The van der Waals surface area contributed by atoms with Gasteiger partial charge in [0.2, 0.25) is 11.9 Å². The number of hydrogen-bond acceptors (Lipinski definition) is 11. The number of piperidine rings is 1. The maximum Gasteiger partial charge on any atom is 0.225 e. The lowest BCUT2D eigenvalue weighted by Gasteiger charge is -2.58. The number of quaternary nitrogens is 1. The highest BCUT2D eigenvalue weighted by atomic mass is 16.5. The second-order valence-electron chi connectivity index (χ2n) is 18.5. The molecule has 1 aromatic carbocycles. The van der Waals surface area contributed by atoms with Gasteiger partial charge in [-0.1, -0.05) is 25.0 Å². The number of carbonyl (C=O) groups is 1. The predicted octanol–water partition coefficient (Wildman–Crippen LogP) is 4.96. The lowest BCUT2D eigenvalue weighted by atomic mass is 9.61. The molecule has 4 aliphatic rings. The number of unbranched alkanes of at least 4 members (excludes halogenated alkanes) is 2. The number of aromatic hydroxyl groups is 1. The number of para-hydroxylation sites is 1. The molecular formula is C45H65N10O4+. The molecule has 8 rings (SSSR count). The molecule has 3 aromatic heterocycles. The van der Waals surface area contributed by atoms with Crippen molar-refractivity contribution in [1.29, 1.82) is 0 Å². The van der Waals surface area contributed by atoms with Crippen molar-refractivity contribution in [3.05, 3.63) is 59.5 Å². The number of likely N-dealkylation sites (N-methyl/N-ethyl adjacent to an activating group) is 1. The van der Waals surface area contributed by atoms with E-state index in [-0.39, 0.29) is 17.7 Å². The third kappa shape index (κ3) is 10.1. The number of phenols is 1. The molecule has 6 heterocycles. The summed E-state index contributed by atoms with van der Waals surface area (Å²) in [7, 11) is 6.43. The zero-order valence-electron chi connectivity index (χ0n) is 35.4. The molecule has 1 spiro atoms. The highest BCUT2D eigenvalue weighted by Crippen LogP contribution is 2.48. The van der Waals surface area contributed by atoms with Crippen LogP contribution in [-0.4, -0.2) is 145 Å². The Hall–Kier alpha value is -4.21. The first-order valence-corrected chi connectivity index (χ1v) is 22.1. The Balaban J connectivity index is 0.875. The first-order valence-electron chi connectivity index (χ1n) is 22.1. The Morgan fingerprint density at radius 2 is 1.73 bits per heavy atom. The monoisotopic (exact) mass is 810 g/mol. The molecule has 3 aliphatic heterocycles. The second-order valence-corrected chi connectivity index (χ2v) is 18.5. The molecule has 1 atom stereocenters. The largest absolute Gasteiger partial charge is 0.507 e. The van der Waals surface area contributed by atoms with Crippen LogP contribution in [-0.2, 0) is 20.7 Å². The Morgan fingerprint density at radius 1 is 0.966 bits per heavy atom. The number of phenolic OH excluding ortho intramolecular Hbond substituents is 1. The van der Waals surface area contributed by atoms with E-state index in [1.54, 1.807) is 6.07 Å². The normalized spacial score (nSPS) is 19.8. The lowest BCUT2D eigenvalue weighted by Crippen LogP contribution is -2.65. The third-order valence-electron chi connectivity index (χ3n) is 13.2. The average molecular weight is 810 g/mol. The molecule has 1 aliphatic carbocycles. The van der Waals surface area contributed by atoms with Gasteiger partial charge >= 0.3 is 0 Å². The molecular weight excluding hydrogens is 745 g/mol. The summed E-state index contributed by atoms with van der Waals surface area (Å²) in [6, 6.07) is 10.1. The van der Waals surface area contributed by atoms with Crippen LogP contribution >= 0.6 is 0 Å². The van der Waals surface area contributed by atoms with Gasteiger partial charge in [-0.2, -0.15) is 0 Å². The number of fused-ring (bicyclic) bond motifs is 3. The number of ether oxygens (including phenoxy) is 2. The molecule has 14 nitrogen and oxygen atoms in total. The Labute approximate surface area is 349 Å². The first-order chi connectivity index (χ1) is 28.6. The Morgan fingerprint density at radius 3 is 2.46 bits per heavy atom. The van der Waals surface area contributed by atoms with Crippen molar-refractivity contribution in [1.82, 2.24) is 40.7 Å². The number of nitrogens with zero attached hydrogens (tertiary/aromatic N) is 7. The lowest BCUT2D eigenvalue weighted by molar-refractivity contribution is -0.870. The quantitative estimate of drug-likeness (QED) is 0.0751. The van der Waals surface area contributed by atoms with Gasteiger partial charge in [0.1, 0.15) is 12.3 Å². The topological polar surface area (TPSA) is 154 Å². The maximum absolute atomic E-state index is 12.5. The summed E-state index contributed by atoms with van der Waals surface area (Å²) in [4.78, 5) is 31.3. The van der Waals surface area contributed by atoms with Crippen molar-refractivity contribution in [2.24, 2.45) is 5.41 Å². The van der Waals surface area contributed by atoms with Gasteiger partial charge in [0.25, 0.3) is 0 Å². The van der Waals surface area contributed by atoms with E-state index in [1.165, 1.54) is 42.8 Å². The van der Waals surface area contributed by atoms with Crippen molar-refractivity contribution in [2.75, 3.05) is 98.3 Å². The number of hydrogen-bond donors (Lipinski definition) is 4. The highest BCUT2D eigenvalue weighted by Gasteiger charge is 2.50. The van der Waals surface area contributed by atoms with Crippen LogP contribution in [0.5, 0.6) is 5.75 Å². The molecule has 59 heavy (non-hydrogen) atoms. The van der Waals surface area contributed by atoms with Crippen molar-refractivity contribution >= 4 is 22.9 Å². The van der Waals surface area contributed by atoms with Crippen molar-refractivity contribution in [3.63, 3.8) is 0 Å². The van der Waals surface area contributed by atoms with Crippen LogP contribution in [0.15, 0.2) is 42.7 Å². The summed E-state index contributed by atoms with van der Waals surface area (Å²) >= 11 is 0. The van der Waals surface area contributed by atoms with E-state index < -0.39 is 0 Å². The highest BCUT2D eigenvalue weighted by molar-refractivity contribution is 5.86. The number of H-pyrrole nitrogens is 1. The molecule has 2 saturated heterocycles. The maximum atomic E-state index is 12.5. The van der Waals surface area contributed by atoms with Gasteiger partial charge in [-0.3, -0.25) is 4.79 Å². The van der Waals surface area contributed by atoms with Gasteiger partial charge in [0.05, 0.1) is 59.3 Å². The SMILES string of the molecule is C[N+](C)(C)CCOCCOCCC(=O)NCCCCC[C@@H]1c2c([nH]c3nnc(-c4ccccc4O)cc23)CCN1c1ncc(C2CCN(C3CC4(CNC4)C3)CC2)cn1. The number of rotatable bonds is 19. The second kappa shape index (κ2) is 18.6. The summed E-state index contributed by atoms with van der Waals surface area (Å²) in [5, 5.41) is 27.3. The fourth-order valence-electron chi connectivity index (χ4n) is 9.58. The molecule has 0 radical (unpaired) electrons. The standard InChI is InChI=1S/C45H64N10O4/c1-55(2,3)20-22-59-24-23-58-21-15-41(57)47-16-8-4-5-10-39-42-36-25-38(35-9-6-7-11-40(35)56)51-52-43(36)50-37(42)14-19-54(39)44-48-28-33(29-49-44)32-12-17-53(18-13-32)34-26-45(27-34)30-46-31-45/h6-7,9,11,25,28-29,32,34,39,46H,4-5,8,10,12-24,26-27,30-31H2,1-3H3,(H2-,47,50,51,52,56,57)/p+1/t39-/m1/s1. The number of aromatic nitrogens is 5. The zero-order valence-corrected chi connectivity index (χ0v) is 35.4. The molecule has 1 saturated carbocycles. The fraction of sp³-hybridized carbons (Fsp3) is 0.622. The molecule has 14 heteroatoms. The van der Waals surface area contributed by atoms with Gasteiger partial charge in [-0.05, 0) is 86.7 Å². The van der Waals surface area contributed by atoms with E-state index in [0.717, 1.165) is 98.6 Å². The fourth-order valence-corrected chi connectivity index (χ4v) is 9.58. The van der Waals surface area contributed by atoms with Crippen molar-refractivity contribution in [2.45, 2.75) is 82.2 Å². The van der Waals surface area contributed by atoms with Gasteiger partial charge in [-0.15, -0.1) is 10.2 Å². The van der Waals surface area contributed by atoms with E-state index in [9.17, 15) is 9.90 Å². The molecule has 318 valence electrons. The molecule has 4 aromatic rings. The number of nitrogens with one attached hydrogen (secondary N) is 3. The smallest absolute Gasteiger partial charge is 0.225 e. The van der Waals surface area contributed by atoms with Crippen molar-refractivity contribution in [3.8, 4) is 17.0 Å². The van der Waals surface area contributed by atoms with Crippen LogP contribution in [0.25, 0.3) is 22.3 Å². The van der Waals surface area contributed by atoms with E-state index in [0.29, 0.717) is 62.0 Å². The molecule has 0 unspecified atom stereocenters. The van der Waals surface area contributed by atoms with Crippen LogP contribution in [0.1, 0.15) is 86.6 Å². The van der Waals surface area contributed by atoms with Crippen LogP contribution in [0, 0.1) is 5.41 Å². The summed E-state index contributed by atoms with van der Waals surface area (Å²) in [5.74, 6) is 1.46. The summed E-state index contributed by atoms with van der Waals surface area (Å²) in [6.45, 7) is 9.26. The van der Waals surface area contributed by atoms with Crippen LogP contribution in [0.2, 0.25) is 0 Å². The first kappa shape index (κ1) is 41.5. The minimum atomic E-state index is 0.0170. The number of anilines is 1. The predicted molar refractivity (Wildman–Crippen MR) is 229 cm³/mol. The summed E-state index contributed by atoms with van der Waals surface area (Å²) in [6.07, 6.45) is 14.1. The van der Waals surface area contributed by atoms with E-state index in [2.05, 4.69) is 75.2 Å². The molecule has 4 N–H and O–H groups in total. The minimum Gasteiger partial charge on any atom is -0.507 e. The number of likely N-dealkylation sites (tertiary alicyclic amines) is 1. The number of amides is 1. The number of carbonyl (C=O) groups excluding carboxylic acids is 1. The number of aromatic amines is 1. The van der Waals surface area contributed by atoms with Crippen LogP contribution in [0.3, 0.4) is 0 Å². The van der Waals surface area contributed by atoms with E-state index in [4.69, 9.17) is 19.4 Å². The van der Waals surface area contributed by atoms with Gasteiger partial charge < -0.3 is 44.5 Å². The molecule has 3 fully saturated rings. The zero-order chi connectivity index (χ0) is 40.8. The Kier molecular flexibility index (Phi) is 13.1. The minimum absolute atomic E-state index is 0.0170. The van der Waals surface area contributed by atoms with Crippen LogP contribution < -0.4 is 15.5 Å². The molecule has 1 amide bonds. The van der Waals surface area contributed by atoms with E-state index >= 15 is 0 Å². The van der Waals surface area contributed by atoms with Crippen molar-refractivity contribution < 1.29 is 23.9 Å². The third-order valence-corrected chi connectivity index (χ3v) is 13.2.